The zero-order chi connectivity index (χ0) is 9.19. The van der Waals surface area contributed by atoms with Crippen LogP contribution in [0.1, 0.15) is 26.2 Å². The zero-order valence-electron chi connectivity index (χ0n) is 6.63. The lowest BCUT2D eigenvalue weighted by Crippen LogP contribution is -2.40. The number of hydrogen-bond donors (Lipinski definition) is 0. The zero-order valence-corrected chi connectivity index (χ0v) is 7.39. The van der Waals surface area contributed by atoms with Crippen LogP contribution >= 0.6 is 11.6 Å². The van der Waals surface area contributed by atoms with Gasteiger partial charge in [0.25, 0.3) is 0 Å². The van der Waals surface area contributed by atoms with Gasteiger partial charge in [0.05, 0.1) is 0 Å². The van der Waals surface area contributed by atoms with Gasteiger partial charge in [0, 0.05) is 6.42 Å². The van der Waals surface area contributed by atoms with Gasteiger partial charge in [-0.2, -0.15) is 0 Å². The van der Waals surface area contributed by atoms with Crippen LogP contribution in [-0.4, -0.2) is 17.2 Å². The minimum atomic E-state index is -1.55. The van der Waals surface area contributed by atoms with Gasteiger partial charge in [0.2, 0.25) is 0 Å². The number of alkyl halides is 1. The molecule has 1 saturated heterocycles. The number of rotatable bonds is 2. The first-order chi connectivity index (χ1) is 5.56. The van der Waals surface area contributed by atoms with Crippen molar-refractivity contribution in [3.63, 3.8) is 0 Å². The molecule has 1 heterocycles. The van der Waals surface area contributed by atoms with Gasteiger partial charge >= 0.3 is 17.2 Å². The number of halogens is 1. The van der Waals surface area contributed by atoms with E-state index in [2.05, 4.69) is 9.47 Å². The Kier molecular flexibility index (Phi) is 2.57. The van der Waals surface area contributed by atoms with E-state index < -0.39 is 17.2 Å². The molecule has 4 nitrogen and oxygen atoms in total. The molecule has 1 aliphatic rings. The lowest BCUT2D eigenvalue weighted by molar-refractivity contribution is -0.217. The van der Waals surface area contributed by atoms with Crippen molar-refractivity contribution < 1.29 is 19.1 Å². The Balaban J connectivity index is 2.64. The second-order valence-corrected chi connectivity index (χ2v) is 3.11. The second-order valence-electron chi connectivity index (χ2n) is 2.53. The number of esters is 2. The fourth-order valence-electron chi connectivity index (χ4n) is 0.952. The maximum absolute atomic E-state index is 10.8. The Morgan fingerprint density at radius 2 is 1.92 bits per heavy atom. The van der Waals surface area contributed by atoms with Crippen LogP contribution in [0, 0.1) is 0 Å². The molecule has 0 amide bonds. The summed E-state index contributed by atoms with van der Waals surface area (Å²) in [4.78, 5) is 21.5. The highest BCUT2D eigenvalue weighted by atomic mass is 35.5. The molecule has 0 spiro atoms. The Bertz CT molecular complexity index is 197. The molecule has 0 aromatic rings. The predicted octanol–water partition coefficient (Wildman–Crippen LogP) is 1.17. The highest BCUT2D eigenvalue weighted by Crippen LogP contribution is 2.29. The molecular formula is C7H9ClO4. The van der Waals surface area contributed by atoms with E-state index in [1.165, 1.54) is 0 Å². The van der Waals surface area contributed by atoms with Gasteiger partial charge in [-0.25, -0.2) is 0 Å². The highest BCUT2D eigenvalue weighted by Gasteiger charge is 2.40. The van der Waals surface area contributed by atoms with Gasteiger partial charge < -0.3 is 9.47 Å². The minimum absolute atomic E-state index is 0.312. The molecule has 0 atom stereocenters. The smallest absolute Gasteiger partial charge is 0.337 e. The first-order valence-corrected chi connectivity index (χ1v) is 4.06. The van der Waals surface area contributed by atoms with E-state index in [4.69, 9.17) is 11.6 Å². The van der Waals surface area contributed by atoms with E-state index in [-0.39, 0.29) is 6.42 Å². The number of ether oxygens (including phenoxy) is 2. The molecule has 0 aliphatic carbocycles. The van der Waals surface area contributed by atoms with Crippen molar-refractivity contribution in [3.05, 3.63) is 0 Å². The summed E-state index contributed by atoms with van der Waals surface area (Å²) in [6.07, 6.45) is 0.633. The van der Waals surface area contributed by atoms with Crippen LogP contribution in [0.2, 0.25) is 0 Å². The highest BCUT2D eigenvalue weighted by molar-refractivity contribution is 6.23. The Labute approximate surface area is 74.8 Å². The number of carbonyl (C=O) groups excluding carboxylic acids is 2. The van der Waals surface area contributed by atoms with Crippen LogP contribution in [0.15, 0.2) is 0 Å². The number of carbonyl (C=O) groups is 2. The van der Waals surface area contributed by atoms with Gasteiger partial charge in [0.15, 0.2) is 0 Å². The normalized spacial score (nSPS) is 21.5. The fraction of sp³-hybridized carbons (Fsp3) is 0.714. The van der Waals surface area contributed by atoms with Gasteiger partial charge in [-0.05, 0) is 18.0 Å². The fourth-order valence-corrected chi connectivity index (χ4v) is 1.31. The number of cyclic esters (lactones) is 2. The van der Waals surface area contributed by atoms with E-state index >= 15 is 0 Å². The summed E-state index contributed by atoms with van der Waals surface area (Å²) in [5.74, 6) is -1.26. The van der Waals surface area contributed by atoms with E-state index in [9.17, 15) is 9.59 Å². The molecule has 0 aromatic carbocycles. The molecule has 68 valence electrons. The van der Waals surface area contributed by atoms with Crippen molar-refractivity contribution in [2.45, 2.75) is 31.4 Å². The van der Waals surface area contributed by atoms with E-state index in [0.29, 0.717) is 12.8 Å². The SMILES string of the molecule is CCCC1(Cl)OC(=O)CC(=O)O1. The van der Waals surface area contributed by atoms with E-state index in [0.717, 1.165) is 0 Å². The Morgan fingerprint density at radius 3 is 2.33 bits per heavy atom. The van der Waals surface area contributed by atoms with Gasteiger partial charge in [-0.15, -0.1) is 0 Å². The third-order valence-corrected chi connectivity index (χ3v) is 1.71. The van der Waals surface area contributed by atoms with Crippen LogP contribution in [0.3, 0.4) is 0 Å². The molecular weight excluding hydrogens is 184 g/mol. The van der Waals surface area contributed by atoms with Gasteiger partial charge in [0.1, 0.15) is 6.42 Å². The van der Waals surface area contributed by atoms with Crippen LogP contribution < -0.4 is 0 Å². The Hall–Kier alpha value is -0.770. The Morgan fingerprint density at radius 1 is 1.42 bits per heavy atom. The van der Waals surface area contributed by atoms with E-state index in [1.54, 1.807) is 0 Å². The molecule has 1 rings (SSSR count). The predicted molar refractivity (Wildman–Crippen MR) is 40.3 cm³/mol. The standard InChI is InChI=1S/C7H9ClO4/c1-2-3-7(8)11-5(9)4-6(10)12-7/h2-4H2,1H3. The summed E-state index contributed by atoms with van der Waals surface area (Å²) in [5, 5.41) is -1.55. The topological polar surface area (TPSA) is 52.6 Å². The lowest BCUT2D eigenvalue weighted by atomic mass is 10.3. The molecule has 0 radical (unpaired) electrons. The van der Waals surface area contributed by atoms with Crippen molar-refractivity contribution >= 4 is 23.5 Å². The lowest BCUT2D eigenvalue weighted by Gasteiger charge is -2.29. The van der Waals surface area contributed by atoms with Gasteiger partial charge in [-0.1, -0.05) is 6.92 Å². The van der Waals surface area contributed by atoms with Crippen LogP contribution in [0.25, 0.3) is 0 Å². The summed E-state index contributed by atoms with van der Waals surface area (Å²) in [5.41, 5.74) is 0. The second kappa shape index (κ2) is 3.31. The van der Waals surface area contributed by atoms with Crippen LogP contribution in [0.5, 0.6) is 0 Å². The molecule has 5 heteroatoms. The first kappa shape index (κ1) is 9.32. The summed E-state index contributed by atoms with van der Waals surface area (Å²) in [6, 6.07) is 0. The molecule has 12 heavy (non-hydrogen) atoms. The van der Waals surface area contributed by atoms with Crippen molar-refractivity contribution in [3.8, 4) is 0 Å². The molecule has 0 aromatic heterocycles. The van der Waals surface area contributed by atoms with Crippen LogP contribution in [0.4, 0.5) is 0 Å². The third-order valence-electron chi connectivity index (χ3n) is 1.37. The average Bonchev–Trinajstić information content (AvgIpc) is 1.82. The summed E-state index contributed by atoms with van der Waals surface area (Å²) in [7, 11) is 0. The molecule has 0 saturated carbocycles. The monoisotopic (exact) mass is 192 g/mol. The average molecular weight is 193 g/mol. The quantitative estimate of drug-likeness (QED) is 0.374. The summed E-state index contributed by atoms with van der Waals surface area (Å²) in [6.45, 7) is 1.85. The third kappa shape index (κ3) is 2.11. The molecule has 0 bridgehead atoms. The number of hydrogen-bond acceptors (Lipinski definition) is 4. The van der Waals surface area contributed by atoms with Crippen molar-refractivity contribution in [2.24, 2.45) is 0 Å². The van der Waals surface area contributed by atoms with E-state index in [1.807, 2.05) is 6.92 Å². The largest absolute Gasteiger partial charge is 0.408 e. The van der Waals surface area contributed by atoms with Crippen LogP contribution in [-0.2, 0) is 19.1 Å². The summed E-state index contributed by atoms with van der Waals surface area (Å²) >= 11 is 5.68. The summed E-state index contributed by atoms with van der Waals surface area (Å²) < 4.78 is 9.34. The molecule has 0 unspecified atom stereocenters. The molecule has 0 N–H and O–H groups in total. The molecule has 1 fully saturated rings. The van der Waals surface area contributed by atoms with Crippen molar-refractivity contribution in [1.29, 1.82) is 0 Å². The minimum Gasteiger partial charge on any atom is -0.408 e. The maximum Gasteiger partial charge on any atom is 0.337 e. The maximum atomic E-state index is 10.8. The van der Waals surface area contributed by atoms with Gasteiger partial charge in [-0.3, -0.25) is 9.59 Å². The van der Waals surface area contributed by atoms with Crippen molar-refractivity contribution in [1.82, 2.24) is 0 Å². The molecule has 1 aliphatic heterocycles. The van der Waals surface area contributed by atoms with Crippen molar-refractivity contribution in [2.75, 3.05) is 0 Å². The first-order valence-electron chi connectivity index (χ1n) is 3.68.